The van der Waals surface area contributed by atoms with E-state index in [-0.39, 0.29) is 5.75 Å². The molecule has 4 rings (SSSR count). The predicted octanol–water partition coefficient (Wildman–Crippen LogP) is 4.18. The Morgan fingerprint density at radius 2 is 1.72 bits per heavy atom. The lowest BCUT2D eigenvalue weighted by atomic mass is 9.88. The Labute approximate surface area is 170 Å². The van der Waals surface area contributed by atoms with Crippen molar-refractivity contribution in [3.05, 3.63) is 95.0 Å². The standard InChI is InChI=1S/C24H24N2O3/c25-24(28)20-6-4-18(5-7-20)23(21-2-1-3-22(27)14-21)19-8-11-26(12-9-19)15-17-10-13-29-16-17/h1-7,10,13-14,16,27H,8-9,11-12,15H2,(H2,25,28). The first-order chi connectivity index (χ1) is 14.1. The van der Waals surface area contributed by atoms with Crippen LogP contribution in [0.3, 0.4) is 0 Å². The van der Waals surface area contributed by atoms with Crippen molar-refractivity contribution in [3.63, 3.8) is 0 Å². The summed E-state index contributed by atoms with van der Waals surface area (Å²) < 4.78 is 5.18. The summed E-state index contributed by atoms with van der Waals surface area (Å²) in [5.74, 6) is -0.192. The molecule has 1 aliphatic heterocycles. The third-order valence-corrected chi connectivity index (χ3v) is 5.39. The number of aromatic hydroxyl groups is 1. The molecule has 0 atom stereocenters. The minimum Gasteiger partial charge on any atom is -0.508 e. The summed E-state index contributed by atoms with van der Waals surface area (Å²) in [7, 11) is 0. The Kier molecular flexibility index (Phi) is 5.49. The fraction of sp³-hybridized carbons (Fsp3) is 0.208. The van der Waals surface area contributed by atoms with Crippen LogP contribution in [0.1, 0.15) is 39.9 Å². The number of piperidine rings is 1. The fourth-order valence-corrected chi connectivity index (χ4v) is 3.91. The molecular weight excluding hydrogens is 364 g/mol. The van der Waals surface area contributed by atoms with Crippen molar-refractivity contribution in [3.8, 4) is 5.75 Å². The molecular formula is C24H24N2O3. The third-order valence-electron chi connectivity index (χ3n) is 5.39. The van der Waals surface area contributed by atoms with E-state index < -0.39 is 5.91 Å². The Balaban J connectivity index is 1.64. The van der Waals surface area contributed by atoms with Crippen LogP contribution >= 0.6 is 0 Å². The number of furan rings is 1. The van der Waals surface area contributed by atoms with E-state index in [2.05, 4.69) is 4.90 Å². The lowest BCUT2D eigenvalue weighted by Crippen LogP contribution is -2.30. The number of hydrogen-bond donors (Lipinski definition) is 2. The zero-order chi connectivity index (χ0) is 20.2. The average molecular weight is 388 g/mol. The van der Waals surface area contributed by atoms with Crippen molar-refractivity contribution in [2.24, 2.45) is 5.73 Å². The third kappa shape index (κ3) is 4.41. The molecule has 3 aromatic rings. The van der Waals surface area contributed by atoms with Crippen LogP contribution in [0.5, 0.6) is 5.75 Å². The molecule has 0 unspecified atom stereocenters. The molecule has 1 fully saturated rings. The Bertz CT molecular complexity index is 1010. The van der Waals surface area contributed by atoms with Crippen LogP contribution in [0, 0.1) is 0 Å². The van der Waals surface area contributed by atoms with E-state index in [4.69, 9.17) is 10.2 Å². The van der Waals surface area contributed by atoms with Gasteiger partial charge in [-0.05, 0) is 59.9 Å². The fourth-order valence-electron chi connectivity index (χ4n) is 3.91. The van der Waals surface area contributed by atoms with Gasteiger partial charge in [0.05, 0.1) is 12.5 Å². The lowest BCUT2D eigenvalue weighted by Gasteiger charge is -2.30. The van der Waals surface area contributed by atoms with Gasteiger partial charge in [-0.1, -0.05) is 29.8 Å². The van der Waals surface area contributed by atoms with Gasteiger partial charge in [-0.15, -0.1) is 0 Å². The van der Waals surface area contributed by atoms with Crippen molar-refractivity contribution in [1.82, 2.24) is 4.90 Å². The number of phenolic OH excluding ortho intramolecular Hbond substituents is 1. The summed E-state index contributed by atoms with van der Waals surface area (Å²) >= 11 is 0. The molecule has 0 aliphatic carbocycles. The average Bonchev–Trinajstić information content (AvgIpc) is 3.23. The number of nitrogens with zero attached hydrogens (tertiary/aromatic N) is 1. The van der Waals surface area contributed by atoms with Crippen molar-refractivity contribution >= 4 is 11.5 Å². The van der Waals surface area contributed by atoms with Crippen LogP contribution in [0.2, 0.25) is 0 Å². The lowest BCUT2D eigenvalue weighted by molar-refractivity contribution is 0.100. The summed E-state index contributed by atoms with van der Waals surface area (Å²) in [6.45, 7) is 2.81. The SMILES string of the molecule is NC(=O)c1ccc(C(=C2CCN(Cc3ccoc3)CC2)c2cccc(O)c2)cc1. The van der Waals surface area contributed by atoms with Crippen molar-refractivity contribution in [1.29, 1.82) is 0 Å². The first-order valence-corrected chi connectivity index (χ1v) is 9.75. The number of rotatable bonds is 5. The minimum atomic E-state index is -0.435. The number of primary amides is 1. The van der Waals surface area contributed by atoms with Crippen molar-refractivity contribution < 1.29 is 14.3 Å². The molecule has 1 aliphatic rings. The Morgan fingerprint density at radius 3 is 2.34 bits per heavy atom. The summed E-state index contributed by atoms with van der Waals surface area (Å²) in [5, 5.41) is 10.0. The van der Waals surface area contributed by atoms with E-state index in [0.29, 0.717) is 5.56 Å². The number of benzene rings is 2. The highest BCUT2D eigenvalue weighted by atomic mass is 16.3. The first kappa shape index (κ1) is 19.0. The van der Waals surface area contributed by atoms with E-state index in [0.717, 1.165) is 49.2 Å². The van der Waals surface area contributed by atoms with E-state index in [1.165, 1.54) is 11.1 Å². The molecule has 29 heavy (non-hydrogen) atoms. The van der Waals surface area contributed by atoms with Gasteiger partial charge >= 0.3 is 0 Å². The number of nitrogens with two attached hydrogens (primary N) is 1. The Hall–Kier alpha value is -3.31. The summed E-state index contributed by atoms with van der Waals surface area (Å²) in [5.41, 5.74) is 11.6. The van der Waals surface area contributed by atoms with E-state index >= 15 is 0 Å². The van der Waals surface area contributed by atoms with Gasteiger partial charge in [0.1, 0.15) is 5.75 Å². The largest absolute Gasteiger partial charge is 0.508 e. The molecule has 0 radical (unpaired) electrons. The quantitative estimate of drug-likeness (QED) is 0.687. The second-order valence-corrected chi connectivity index (χ2v) is 7.38. The molecule has 1 aromatic heterocycles. The van der Waals surface area contributed by atoms with Gasteiger partial charge in [0.15, 0.2) is 0 Å². The molecule has 5 nitrogen and oxygen atoms in total. The number of carbonyl (C=O) groups excluding carboxylic acids is 1. The maximum absolute atomic E-state index is 11.4. The highest BCUT2D eigenvalue weighted by Crippen LogP contribution is 2.34. The number of likely N-dealkylation sites (tertiary alicyclic amines) is 1. The second kappa shape index (κ2) is 8.37. The van der Waals surface area contributed by atoms with Gasteiger partial charge in [-0.25, -0.2) is 0 Å². The molecule has 0 saturated carbocycles. The van der Waals surface area contributed by atoms with E-state index in [9.17, 15) is 9.90 Å². The van der Waals surface area contributed by atoms with Gasteiger partial charge in [0.25, 0.3) is 0 Å². The van der Waals surface area contributed by atoms with E-state index in [1.54, 1.807) is 36.8 Å². The van der Waals surface area contributed by atoms with Crippen molar-refractivity contribution in [2.45, 2.75) is 19.4 Å². The van der Waals surface area contributed by atoms with Crippen LogP contribution in [0.4, 0.5) is 0 Å². The second-order valence-electron chi connectivity index (χ2n) is 7.38. The molecule has 5 heteroatoms. The van der Waals surface area contributed by atoms with Gasteiger partial charge in [-0.3, -0.25) is 9.69 Å². The van der Waals surface area contributed by atoms with Crippen LogP contribution in [-0.4, -0.2) is 29.0 Å². The van der Waals surface area contributed by atoms with Gasteiger partial charge in [-0.2, -0.15) is 0 Å². The topological polar surface area (TPSA) is 79.7 Å². The maximum Gasteiger partial charge on any atom is 0.248 e. The Morgan fingerprint density at radius 1 is 1.00 bits per heavy atom. The van der Waals surface area contributed by atoms with Gasteiger partial charge < -0.3 is 15.3 Å². The summed E-state index contributed by atoms with van der Waals surface area (Å²) in [4.78, 5) is 13.9. The van der Waals surface area contributed by atoms with Gasteiger partial charge in [0.2, 0.25) is 5.91 Å². The maximum atomic E-state index is 11.4. The number of phenols is 1. The smallest absolute Gasteiger partial charge is 0.248 e. The highest BCUT2D eigenvalue weighted by molar-refractivity contribution is 5.93. The molecule has 0 spiro atoms. The molecule has 2 aromatic carbocycles. The molecule has 1 saturated heterocycles. The highest BCUT2D eigenvalue weighted by Gasteiger charge is 2.20. The number of carbonyl (C=O) groups is 1. The van der Waals surface area contributed by atoms with Crippen molar-refractivity contribution in [2.75, 3.05) is 13.1 Å². The zero-order valence-corrected chi connectivity index (χ0v) is 16.2. The first-order valence-electron chi connectivity index (χ1n) is 9.75. The predicted molar refractivity (Wildman–Crippen MR) is 112 cm³/mol. The van der Waals surface area contributed by atoms with Crippen LogP contribution in [0.25, 0.3) is 5.57 Å². The van der Waals surface area contributed by atoms with Crippen LogP contribution in [0.15, 0.2) is 77.1 Å². The molecule has 148 valence electrons. The monoisotopic (exact) mass is 388 g/mol. The normalized spacial score (nSPS) is 14.7. The molecule has 1 amide bonds. The molecule has 0 bridgehead atoms. The zero-order valence-electron chi connectivity index (χ0n) is 16.2. The minimum absolute atomic E-state index is 0.242. The van der Waals surface area contributed by atoms with Gasteiger partial charge in [0, 0.05) is 30.8 Å². The van der Waals surface area contributed by atoms with Crippen LogP contribution in [-0.2, 0) is 6.54 Å². The summed E-state index contributed by atoms with van der Waals surface area (Å²) in [6, 6.07) is 16.7. The molecule has 3 N–H and O–H groups in total. The number of amides is 1. The van der Waals surface area contributed by atoms with E-state index in [1.807, 2.05) is 30.3 Å². The summed E-state index contributed by atoms with van der Waals surface area (Å²) in [6.07, 6.45) is 5.39. The van der Waals surface area contributed by atoms with Crippen LogP contribution < -0.4 is 5.73 Å². The molecule has 2 heterocycles. The number of hydrogen-bond acceptors (Lipinski definition) is 4.